The van der Waals surface area contributed by atoms with Gasteiger partial charge < -0.3 is 20.3 Å². The molecule has 0 atom stereocenters. The van der Waals surface area contributed by atoms with Crippen molar-refractivity contribution in [1.82, 2.24) is 15.5 Å². The third kappa shape index (κ3) is 9.05. The fourth-order valence-electron chi connectivity index (χ4n) is 2.51. The van der Waals surface area contributed by atoms with Crippen LogP contribution >= 0.6 is 0 Å². The Morgan fingerprint density at radius 1 is 1.32 bits per heavy atom. The van der Waals surface area contributed by atoms with Gasteiger partial charge in [0.05, 0.1) is 13.2 Å². The lowest BCUT2D eigenvalue weighted by atomic mass is 9.97. The zero-order valence-corrected chi connectivity index (χ0v) is 14.7. The summed E-state index contributed by atoms with van der Waals surface area (Å²) >= 11 is 0. The Morgan fingerprint density at radius 3 is 2.86 bits per heavy atom. The lowest BCUT2D eigenvalue weighted by Crippen LogP contribution is -2.38. The molecule has 0 fully saturated rings. The Balaban J connectivity index is 2.24. The molecule has 0 spiro atoms. The van der Waals surface area contributed by atoms with Crippen molar-refractivity contribution < 1.29 is 4.74 Å². The minimum absolute atomic E-state index is 0.771. The summed E-state index contributed by atoms with van der Waals surface area (Å²) in [7, 11) is 3.84. The number of ether oxygens (including phenoxy) is 1. The zero-order chi connectivity index (χ0) is 16.0. The van der Waals surface area contributed by atoms with Gasteiger partial charge in [-0.15, -0.1) is 0 Å². The molecule has 5 heteroatoms. The van der Waals surface area contributed by atoms with Gasteiger partial charge in [0.25, 0.3) is 0 Å². The SMILES string of the molecule is CCNC(=NCCN(C)CCOC)NCCC1=CCCCC1. The van der Waals surface area contributed by atoms with E-state index in [1.807, 2.05) is 0 Å². The maximum Gasteiger partial charge on any atom is 0.191 e. The molecule has 0 heterocycles. The van der Waals surface area contributed by atoms with Gasteiger partial charge in [0.1, 0.15) is 0 Å². The summed E-state index contributed by atoms with van der Waals surface area (Å²) < 4.78 is 5.08. The molecule has 0 saturated carbocycles. The molecule has 0 aliphatic heterocycles. The second kappa shape index (κ2) is 12.5. The summed E-state index contributed by atoms with van der Waals surface area (Å²) in [5.74, 6) is 0.930. The number of allylic oxidation sites excluding steroid dienone is 1. The Labute approximate surface area is 136 Å². The van der Waals surface area contributed by atoms with Crippen LogP contribution in [0.3, 0.4) is 0 Å². The number of nitrogens with one attached hydrogen (secondary N) is 2. The van der Waals surface area contributed by atoms with Gasteiger partial charge in [0, 0.05) is 33.3 Å². The van der Waals surface area contributed by atoms with Crippen molar-refractivity contribution in [2.45, 2.75) is 39.0 Å². The van der Waals surface area contributed by atoms with Crippen molar-refractivity contribution in [3.8, 4) is 0 Å². The molecule has 0 bridgehead atoms. The first-order chi connectivity index (χ1) is 10.8. The van der Waals surface area contributed by atoms with Crippen LogP contribution in [0, 0.1) is 0 Å². The molecular formula is C17H34N4O. The first-order valence-corrected chi connectivity index (χ1v) is 8.63. The van der Waals surface area contributed by atoms with Gasteiger partial charge in [-0.2, -0.15) is 0 Å². The molecule has 0 saturated heterocycles. The molecule has 128 valence electrons. The number of hydrogen-bond donors (Lipinski definition) is 2. The van der Waals surface area contributed by atoms with Gasteiger partial charge in [0.2, 0.25) is 0 Å². The van der Waals surface area contributed by atoms with E-state index in [9.17, 15) is 0 Å². The van der Waals surface area contributed by atoms with E-state index in [4.69, 9.17) is 4.74 Å². The zero-order valence-electron chi connectivity index (χ0n) is 14.7. The van der Waals surface area contributed by atoms with E-state index in [1.54, 1.807) is 12.7 Å². The fourth-order valence-corrected chi connectivity index (χ4v) is 2.51. The average molecular weight is 310 g/mol. The maximum atomic E-state index is 5.08. The fraction of sp³-hybridized carbons (Fsp3) is 0.824. The highest BCUT2D eigenvalue weighted by atomic mass is 16.5. The van der Waals surface area contributed by atoms with E-state index in [-0.39, 0.29) is 0 Å². The highest BCUT2D eigenvalue weighted by Gasteiger charge is 2.04. The Kier molecular flexibility index (Phi) is 10.8. The quantitative estimate of drug-likeness (QED) is 0.368. The van der Waals surface area contributed by atoms with Crippen molar-refractivity contribution in [3.63, 3.8) is 0 Å². The van der Waals surface area contributed by atoms with Crippen LogP contribution in [0.15, 0.2) is 16.6 Å². The highest BCUT2D eigenvalue weighted by molar-refractivity contribution is 5.79. The van der Waals surface area contributed by atoms with Crippen LogP contribution < -0.4 is 10.6 Å². The van der Waals surface area contributed by atoms with Gasteiger partial charge in [-0.25, -0.2) is 0 Å². The third-order valence-electron chi connectivity index (χ3n) is 3.90. The molecule has 0 unspecified atom stereocenters. The number of methoxy groups -OCH3 is 1. The van der Waals surface area contributed by atoms with Crippen LogP contribution in [-0.2, 0) is 4.74 Å². The number of hydrogen-bond acceptors (Lipinski definition) is 3. The molecule has 1 aliphatic rings. The summed E-state index contributed by atoms with van der Waals surface area (Å²) in [5, 5.41) is 6.75. The second-order valence-electron chi connectivity index (χ2n) is 5.84. The number of likely N-dealkylation sites (N-methyl/N-ethyl adjacent to an activating group) is 1. The molecule has 0 radical (unpaired) electrons. The Hall–Kier alpha value is -1.07. The predicted molar refractivity (Wildman–Crippen MR) is 94.5 cm³/mol. The smallest absolute Gasteiger partial charge is 0.191 e. The van der Waals surface area contributed by atoms with E-state index < -0.39 is 0 Å². The van der Waals surface area contributed by atoms with Crippen molar-refractivity contribution in [2.75, 3.05) is 53.5 Å². The molecular weight excluding hydrogens is 276 g/mol. The highest BCUT2D eigenvalue weighted by Crippen LogP contribution is 2.19. The standard InChI is InChI=1S/C17H34N4O/c1-4-18-17(20-12-13-21(2)14-15-22-3)19-11-10-16-8-6-5-7-9-16/h8H,4-7,9-15H2,1-3H3,(H2,18,19,20). The predicted octanol–water partition coefficient (Wildman–Crippen LogP) is 2.01. The van der Waals surface area contributed by atoms with Crippen molar-refractivity contribution in [3.05, 3.63) is 11.6 Å². The average Bonchev–Trinajstić information content (AvgIpc) is 2.54. The summed E-state index contributed by atoms with van der Waals surface area (Å²) in [5.41, 5.74) is 1.61. The summed E-state index contributed by atoms with van der Waals surface area (Å²) in [6, 6.07) is 0. The number of guanidine groups is 1. The third-order valence-corrected chi connectivity index (χ3v) is 3.90. The van der Waals surface area contributed by atoms with Gasteiger partial charge in [0.15, 0.2) is 5.96 Å². The van der Waals surface area contributed by atoms with Crippen LogP contribution in [0.1, 0.15) is 39.0 Å². The van der Waals surface area contributed by atoms with Crippen LogP contribution in [0.25, 0.3) is 0 Å². The minimum atomic E-state index is 0.771. The van der Waals surface area contributed by atoms with E-state index in [0.717, 1.165) is 51.7 Å². The van der Waals surface area contributed by atoms with Crippen LogP contribution in [0.2, 0.25) is 0 Å². The minimum Gasteiger partial charge on any atom is -0.383 e. The first kappa shape index (κ1) is 19.0. The lowest BCUT2D eigenvalue weighted by Gasteiger charge is -2.16. The molecule has 22 heavy (non-hydrogen) atoms. The van der Waals surface area contributed by atoms with E-state index in [0.29, 0.717) is 0 Å². The number of aliphatic imine (C=N–C) groups is 1. The summed E-state index contributed by atoms with van der Waals surface area (Å²) in [6.45, 7) is 7.44. The van der Waals surface area contributed by atoms with E-state index in [2.05, 4.69) is 40.6 Å². The first-order valence-electron chi connectivity index (χ1n) is 8.63. The van der Waals surface area contributed by atoms with Gasteiger partial charge in [-0.1, -0.05) is 11.6 Å². The molecule has 2 N–H and O–H groups in total. The molecule has 0 amide bonds. The number of nitrogens with zero attached hydrogens (tertiary/aromatic N) is 2. The van der Waals surface area contributed by atoms with Crippen LogP contribution in [0.5, 0.6) is 0 Å². The van der Waals surface area contributed by atoms with E-state index in [1.165, 1.54) is 25.7 Å². The van der Waals surface area contributed by atoms with Crippen LogP contribution in [0.4, 0.5) is 0 Å². The Morgan fingerprint density at radius 2 is 2.18 bits per heavy atom. The number of rotatable bonds is 10. The molecule has 5 nitrogen and oxygen atoms in total. The topological polar surface area (TPSA) is 48.9 Å². The summed E-state index contributed by atoms with van der Waals surface area (Å²) in [4.78, 5) is 6.88. The maximum absolute atomic E-state index is 5.08. The lowest BCUT2D eigenvalue weighted by molar-refractivity contribution is 0.163. The van der Waals surface area contributed by atoms with Crippen molar-refractivity contribution >= 4 is 5.96 Å². The molecule has 0 aromatic rings. The normalized spacial score (nSPS) is 15.8. The van der Waals surface area contributed by atoms with Gasteiger partial charge >= 0.3 is 0 Å². The van der Waals surface area contributed by atoms with Gasteiger partial charge in [-0.05, 0) is 46.1 Å². The molecule has 0 aromatic carbocycles. The van der Waals surface area contributed by atoms with E-state index >= 15 is 0 Å². The molecule has 1 rings (SSSR count). The van der Waals surface area contributed by atoms with Crippen LogP contribution in [-0.4, -0.2) is 64.3 Å². The molecule has 0 aromatic heterocycles. The monoisotopic (exact) mass is 310 g/mol. The second-order valence-corrected chi connectivity index (χ2v) is 5.84. The molecule has 1 aliphatic carbocycles. The van der Waals surface area contributed by atoms with Gasteiger partial charge in [-0.3, -0.25) is 4.99 Å². The largest absolute Gasteiger partial charge is 0.383 e. The summed E-state index contributed by atoms with van der Waals surface area (Å²) in [6.07, 6.45) is 8.81. The Bertz CT molecular complexity index is 342. The van der Waals surface area contributed by atoms with Crippen molar-refractivity contribution in [1.29, 1.82) is 0 Å². The van der Waals surface area contributed by atoms with Crippen molar-refractivity contribution in [2.24, 2.45) is 4.99 Å².